The van der Waals surface area contributed by atoms with Gasteiger partial charge in [0, 0.05) is 27.4 Å². The van der Waals surface area contributed by atoms with Gasteiger partial charge in [0.1, 0.15) is 11.3 Å². The summed E-state index contributed by atoms with van der Waals surface area (Å²) in [7, 11) is 0. The second-order valence-electron chi connectivity index (χ2n) is 4.79. The fraction of sp³-hybridized carbons (Fsp3) is 0.125. The first-order valence-corrected chi connectivity index (χ1v) is 7.99. The lowest BCUT2D eigenvalue weighted by Crippen LogP contribution is -2.16. The van der Waals surface area contributed by atoms with E-state index < -0.39 is 0 Å². The molecule has 0 saturated heterocycles. The molecule has 0 aliphatic carbocycles. The minimum absolute atomic E-state index is 0.186. The Morgan fingerprint density at radius 2 is 2.05 bits per heavy atom. The third kappa shape index (κ3) is 2.87. The molecule has 0 saturated carbocycles. The molecule has 1 amide bonds. The highest BCUT2D eigenvalue weighted by atomic mass is 79.9. The van der Waals surface area contributed by atoms with E-state index in [4.69, 9.17) is 11.6 Å². The standard InChI is InChI=1S/C16H13BrClN3O/c1-2-13-15(21-8-7-11(18)9-14(21)20-13)16(22)19-12-5-3-10(17)4-6-12/h3-9H,2H2,1H3,(H,19,22). The Kier molecular flexibility index (Phi) is 4.18. The van der Waals surface area contributed by atoms with Crippen molar-refractivity contribution < 1.29 is 4.79 Å². The van der Waals surface area contributed by atoms with E-state index in [-0.39, 0.29) is 5.91 Å². The van der Waals surface area contributed by atoms with Crippen molar-refractivity contribution in [1.82, 2.24) is 9.38 Å². The molecule has 0 bridgehead atoms. The maximum Gasteiger partial charge on any atom is 0.274 e. The summed E-state index contributed by atoms with van der Waals surface area (Å²) in [6.45, 7) is 1.97. The smallest absolute Gasteiger partial charge is 0.274 e. The van der Waals surface area contributed by atoms with Gasteiger partial charge in [0.2, 0.25) is 0 Å². The molecule has 2 aromatic heterocycles. The van der Waals surface area contributed by atoms with Crippen molar-refractivity contribution in [1.29, 1.82) is 0 Å². The molecule has 2 heterocycles. The fourth-order valence-electron chi connectivity index (χ4n) is 2.28. The van der Waals surface area contributed by atoms with Gasteiger partial charge in [-0.15, -0.1) is 0 Å². The molecule has 3 rings (SSSR count). The predicted octanol–water partition coefficient (Wildman–Crippen LogP) is 4.56. The lowest BCUT2D eigenvalue weighted by molar-refractivity contribution is 0.102. The molecule has 0 atom stereocenters. The van der Waals surface area contributed by atoms with Crippen LogP contribution in [0.25, 0.3) is 5.65 Å². The quantitative estimate of drug-likeness (QED) is 0.726. The highest BCUT2D eigenvalue weighted by Gasteiger charge is 2.18. The number of carbonyl (C=O) groups is 1. The number of amides is 1. The second kappa shape index (κ2) is 6.10. The fourth-order valence-corrected chi connectivity index (χ4v) is 2.70. The van der Waals surface area contributed by atoms with E-state index in [2.05, 4.69) is 26.2 Å². The van der Waals surface area contributed by atoms with Crippen molar-refractivity contribution >= 4 is 44.8 Å². The molecule has 0 unspecified atom stereocenters. The zero-order valence-electron chi connectivity index (χ0n) is 11.8. The number of carbonyl (C=O) groups excluding carboxylic acids is 1. The molecular weight excluding hydrogens is 366 g/mol. The lowest BCUT2D eigenvalue weighted by atomic mass is 10.2. The maximum absolute atomic E-state index is 12.6. The average molecular weight is 379 g/mol. The highest BCUT2D eigenvalue weighted by Crippen LogP contribution is 2.20. The van der Waals surface area contributed by atoms with Crippen LogP contribution in [0, 0.1) is 0 Å². The third-order valence-electron chi connectivity index (χ3n) is 3.31. The van der Waals surface area contributed by atoms with Crippen LogP contribution in [0.4, 0.5) is 5.69 Å². The molecule has 22 heavy (non-hydrogen) atoms. The van der Waals surface area contributed by atoms with E-state index in [0.717, 1.165) is 15.9 Å². The maximum atomic E-state index is 12.6. The first-order chi connectivity index (χ1) is 10.6. The predicted molar refractivity (Wildman–Crippen MR) is 91.7 cm³/mol. The van der Waals surface area contributed by atoms with E-state index in [1.54, 1.807) is 22.7 Å². The Morgan fingerprint density at radius 1 is 1.32 bits per heavy atom. The number of pyridine rings is 1. The zero-order valence-corrected chi connectivity index (χ0v) is 14.1. The number of imidazole rings is 1. The lowest BCUT2D eigenvalue weighted by Gasteiger charge is -2.07. The molecule has 3 aromatic rings. The summed E-state index contributed by atoms with van der Waals surface area (Å²) >= 11 is 9.36. The number of rotatable bonds is 3. The summed E-state index contributed by atoms with van der Waals surface area (Å²) in [6, 6.07) is 10.9. The Bertz CT molecular complexity index is 842. The number of anilines is 1. The summed E-state index contributed by atoms with van der Waals surface area (Å²) in [5, 5.41) is 3.50. The topological polar surface area (TPSA) is 46.4 Å². The van der Waals surface area contributed by atoms with E-state index in [0.29, 0.717) is 22.8 Å². The Morgan fingerprint density at radius 3 is 2.73 bits per heavy atom. The first kappa shape index (κ1) is 15.1. The number of hydrogen-bond acceptors (Lipinski definition) is 2. The summed E-state index contributed by atoms with van der Waals surface area (Å²) in [4.78, 5) is 17.1. The first-order valence-electron chi connectivity index (χ1n) is 6.82. The van der Waals surface area contributed by atoms with Crippen LogP contribution in [0.5, 0.6) is 0 Å². The van der Waals surface area contributed by atoms with Gasteiger partial charge in [-0.3, -0.25) is 9.20 Å². The van der Waals surface area contributed by atoms with Crippen LogP contribution in [0.1, 0.15) is 23.1 Å². The van der Waals surface area contributed by atoms with Gasteiger partial charge in [-0.05, 0) is 36.8 Å². The van der Waals surface area contributed by atoms with Gasteiger partial charge in [0.25, 0.3) is 5.91 Å². The van der Waals surface area contributed by atoms with Crippen molar-refractivity contribution in [3.05, 3.63) is 63.5 Å². The van der Waals surface area contributed by atoms with E-state index in [9.17, 15) is 4.79 Å². The van der Waals surface area contributed by atoms with Crippen LogP contribution < -0.4 is 5.32 Å². The largest absolute Gasteiger partial charge is 0.321 e. The van der Waals surface area contributed by atoms with Crippen LogP contribution in [-0.2, 0) is 6.42 Å². The van der Waals surface area contributed by atoms with Crippen molar-refractivity contribution in [2.75, 3.05) is 5.32 Å². The van der Waals surface area contributed by atoms with Gasteiger partial charge in [-0.25, -0.2) is 4.98 Å². The van der Waals surface area contributed by atoms with Crippen molar-refractivity contribution in [3.63, 3.8) is 0 Å². The minimum atomic E-state index is -0.186. The Balaban J connectivity index is 2.00. The molecule has 112 valence electrons. The Hall–Kier alpha value is -1.85. The number of nitrogens with one attached hydrogen (secondary N) is 1. The molecule has 0 aliphatic heterocycles. The van der Waals surface area contributed by atoms with Crippen molar-refractivity contribution in [2.45, 2.75) is 13.3 Å². The molecule has 4 nitrogen and oxygen atoms in total. The van der Waals surface area contributed by atoms with Gasteiger partial charge in [0.15, 0.2) is 0 Å². The summed E-state index contributed by atoms with van der Waals surface area (Å²) in [5.41, 5.74) is 2.69. The molecule has 0 spiro atoms. The second-order valence-corrected chi connectivity index (χ2v) is 6.15. The molecule has 6 heteroatoms. The number of hydrogen-bond donors (Lipinski definition) is 1. The molecule has 1 N–H and O–H groups in total. The number of nitrogens with zero attached hydrogens (tertiary/aromatic N) is 2. The van der Waals surface area contributed by atoms with E-state index in [1.165, 1.54) is 0 Å². The number of aromatic nitrogens is 2. The number of fused-ring (bicyclic) bond motifs is 1. The van der Waals surface area contributed by atoms with Gasteiger partial charge in [0.05, 0.1) is 5.69 Å². The molecule has 1 aromatic carbocycles. The average Bonchev–Trinajstić information content (AvgIpc) is 2.87. The normalized spacial score (nSPS) is 10.9. The van der Waals surface area contributed by atoms with Gasteiger partial charge >= 0.3 is 0 Å². The number of benzene rings is 1. The van der Waals surface area contributed by atoms with E-state index in [1.807, 2.05) is 31.2 Å². The van der Waals surface area contributed by atoms with Crippen LogP contribution in [0.15, 0.2) is 47.1 Å². The number of halogens is 2. The van der Waals surface area contributed by atoms with Crippen LogP contribution in [0.3, 0.4) is 0 Å². The SMILES string of the molecule is CCc1nc2cc(Cl)ccn2c1C(=O)Nc1ccc(Br)cc1. The molecule has 0 radical (unpaired) electrons. The summed E-state index contributed by atoms with van der Waals surface area (Å²) < 4.78 is 2.73. The van der Waals surface area contributed by atoms with Crippen molar-refractivity contribution in [2.24, 2.45) is 0 Å². The summed E-state index contributed by atoms with van der Waals surface area (Å²) in [6.07, 6.45) is 2.43. The van der Waals surface area contributed by atoms with Gasteiger partial charge in [-0.1, -0.05) is 34.5 Å². The zero-order chi connectivity index (χ0) is 15.7. The van der Waals surface area contributed by atoms with Gasteiger partial charge in [-0.2, -0.15) is 0 Å². The van der Waals surface area contributed by atoms with Crippen LogP contribution >= 0.6 is 27.5 Å². The number of aryl methyl sites for hydroxylation is 1. The third-order valence-corrected chi connectivity index (χ3v) is 4.08. The molecular formula is C16H13BrClN3O. The molecule has 0 fully saturated rings. The molecule has 0 aliphatic rings. The van der Waals surface area contributed by atoms with Gasteiger partial charge < -0.3 is 5.32 Å². The van der Waals surface area contributed by atoms with Crippen LogP contribution in [0.2, 0.25) is 5.02 Å². The Labute approximate surface area is 141 Å². The van der Waals surface area contributed by atoms with Crippen LogP contribution in [-0.4, -0.2) is 15.3 Å². The monoisotopic (exact) mass is 377 g/mol. The minimum Gasteiger partial charge on any atom is -0.321 e. The summed E-state index contributed by atoms with van der Waals surface area (Å²) in [5.74, 6) is -0.186. The highest BCUT2D eigenvalue weighted by molar-refractivity contribution is 9.10. The van der Waals surface area contributed by atoms with E-state index >= 15 is 0 Å². The van der Waals surface area contributed by atoms with Crippen molar-refractivity contribution in [3.8, 4) is 0 Å².